The van der Waals surface area contributed by atoms with E-state index in [2.05, 4.69) is 86.4 Å². The van der Waals surface area contributed by atoms with E-state index in [0.29, 0.717) is 12.5 Å². The first-order valence-corrected chi connectivity index (χ1v) is 17.9. The smallest absolute Gasteiger partial charge is 0.201 e. The number of benzene rings is 3. The highest BCUT2D eigenvalue weighted by Gasteiger charge is 2.36. The molecular formula is C33H42O4Si. The van der Waals surface area contributed by atoms with E-state index in [1.165, 1.54) is 24.0 Å². The normalized spacial score (nSPS) is 23.3. The summed E-state index contributed by atoms with van der Waals surface area (Å²) >= 11 is 0. The van der Waals surface area contributed by atoms with Gasteiger partial charge in [-0.3, -0.25) is 0 Å². The highest BCUT2D eigenvalue weighted by Crippen LogP contribution is 2.47. The molecule has 0 spiro atoms. The number of fused-ring (bicyclic) bond motifs is 1. The van der Waals surface area contributed by atoms with Crippen molar-refractivity contribution in [2.75, 3.05) is 13.7 Å². The highest BCUT2D eigenvalue weighted by atomic mass is 28.3. The molecule has 0 unspecified atom stereocenters. The maximum atomic E-state index is 6.84. The molecule has 38 heavy (non-hydrogen) atoms. The monoisotopic (exact) mass is 530 g/mol. The molecule has 202 valence electrons. The Morgan fingerprint density at radius 1 is 0.842 bits per heavy atom. The van der Waals surface area contributed by atoms with E-state index < -0.39 is 8.07 Å². The lowest BCUT2D eigenvalue weighted by molar-refractivity contribution is -0.144. The number of hydrogen-bond donors (Lipinski definition) is 0. The Balaban J connectivity index is 1.43. The molecule has 3 aromatic rings. The Bertz CT molecular complexity index is 1170. The van der Waals surface area contributed by atoms with Crippen molar-refractivity contribution in [2.24, 2.45) is 0 Å². The van der Waals surface area contributed by atoms with E-state index in [0.717, 1.165) is 48.1 Å². The number of rotatable bonds is 9. The average molecular weight is 531 g/mol. The summed E-state index contributed by atoms with van der Waals surface area (Å²) < 4.78 is 25.5. The Labute approximate surface area is 229 Å². The molecule has 1 aliphatic carbocycles. The lowest BCUT2D eigenvalue weighted by atomic mass is 9.81. The maximum Gasteiger partial charge on any atom is 0.201 e. The molecule has 0 saturated heterocycles. The molecule has 4 atom stereocenters. The van der Waals surface area contributed by atoms with Crippen LogP contribution in [0.25, 0.3) is 0 Å². The molecule has 1 saturated carbocycles. The molecule has 3 aromatic carbocycles. The highest BCUT2D eigenvalue weighted by molar-refractivity contribution is 6.76. The molecular weight excluding hydrogens is 488 g/mol. The van der Waals surface area contributed by atoms with Gasteiger partial charge in [0.2, 0.25) is 6.29 Å². The third kappa shape index (κ3) is 6.44. The van der Waals surface area contributed by atoms with E-state index >= 15 is 0 Å². The Morgan fingerprint density at radius 3 is 2.21 bits per heavy atom. The van der Waals surface area contributed by atoms with Gasteiger partial charge >= 0.3 is 0 Å². The molecule has 4 nitrogen and oxygen atoms in total. The number of hydrogen-bond acceptors (Lipinski definition) is 4. The van der Waals surface area contributed by atoms with Crippen LogP contribution in [0.15, 0.2) is 72.8 Å². The fraction of sp³-hybridized carbons (Fsp3) is 0.455. The summed E-state index contributed by atoms with van der Waals surface area (Å²) in [4.78, 5) is 0. The summed E-state index contributed by atoms with van der Waals surface area (Å²) in [6.07, 6.45) is 5.28. The summed E-state index contributed by atoms with van der Waals surface area (Å²) in [5.41, 5.74) is 3.77. The minimum absolute atomic E-state index is 0.153. The van der Waals surface area contributed by atoms with Gasteiger partial charge in [0.25, 0.3) is 0 Å². The standard InChI is InChI=1S/C33H42O4Si/c1-34-31-21-28-27(25-15-9-6-10-16-25)22-33(37-30(28)23-32(31)35-19-20-38(2,3)4)36-29-18-12-11-17-26(29)24-13-7-5-8-14-24/h5-10,13-16,21,23,26-27,29,33H,11-12,17-20,22H2,1-4H3/t26-,27+,29+,33-/m0/s1. The van der Waals surface area contributed by atoms with Crippen molar-refractivity contribution in [1.29, 1.82) is 0 Å². The van der Waals surface area contributed by atoms with Gasteiger partial charge in [-0.2, -0.15) is 0 Å². The molecule has 1 fully saturated rings. The SMILES string of the molecule is COc1cc2c(cc1OCC[Si](C)(C)C)O[C@H](O[C@@H]1CCCC[C@H]1c1ccccc1)C[C@@H]2c1ccccc1. The molecule has 5 heteroatoms. The lowest BCUT2D eigenvalue weighted by Crippen LogP contribution is -2.36. The molecule has 0 N–H and O–H groups in total. The summed E-state index contributed by atoms with van der Waals surface area (Å²) in [6, 6.07) is 26.8. The van der Waals surface area contributed by atoms with Crippen LogP contribution in [0.2, 0.25) is 25.7 Å². The first kappa shape index (κ1) is 26.8. The van der Waals surface area contributed by atoms with Crippen LogP contribution >= 0.6 is 0 Å². The van der Waals surface area contributed by atoms with Crippen molar-refractivity contribution >= 4 is 8.07 Å². The lowest BCUT2D eigenvalue weighted by Gasteiger charge is -2.38. The topological polar surface area (TPSA) is 36.9 Å². The van der Waals surface area contributed by atoms with Gasteiger partial charge in [0.15, 0.2) is 11.5 Å². The Kier molecular flexibility index (Phi) is 8.44. The molecule has 2 aliphatic rings. The minimum Gasteiger partial charge on any atom is -0.493 e. The van der Waals surface area contributed by atoms with E-state index in [1.807, 2.05) is 6.07 Å². The van der Waals surface area contributed by atoms with Crippen LogP contribution in [0.5, 0.6) is 17.2 Å². The molecule has 1 heterocycles. The van der Waals surface area contributed by atoms with Gasteiger partial charge in [0, 0.05) is 38.0 Å². The van der Waals surface area contributed by atoms with E-state index in [1.54, 1.807) is 7.11 Å². The maximum absolute atomic E-state index is 6.84. The first-order valence-electron chi connectivity index (χ1n) is 14.2. The second kappa shape index (κ2) is 12.0. The van der Waals surface area contributed by atoms with Gasteiger partial charge in [-0.15, -0.1) is 0 Å². The molecule has 1 aliphatic heterocycles. The largest absolute Gasteiger partial charge is 0.493 e. The van der Waals surface area contributed by atoms with Gasteiger partial charge in [-0.05, 0) is 36.1 Å². The van der Waals surface area contributed by atoms with E-state index in [4.69, 9.17) is 18.9 Å². The summed E-state index contributed by atoms with van der Waals surface area (Å²) in [5.74, 6) is 2.91. The van der Waals surface area contributed by atoms with Gasteiger partial charge in [-0.25, -0.2) is 0 Å². The van der Waals surface area contributed by atoms with Crippen molar-refractivity contribution in [2.45, 2.75) is 82.0 Å². The van der Waals surface area contributed by atoms with Crippen LogP contribution in [-0.2, 0) is 4.74 Å². The predicted octanol–water partition coefficient (Wildman–Crippen LogP) is 8.40. The van der Waals surface area contributed by atoms with Crippen LogP contribution in [0, 0.1) is 0 Å². The van der Waals surface area contributed by atoms with Crippen LogP contribution in [0.3, 0.4) is 0 Å². The van der Waals surface area contributed by atoms with Crippen molar-refractivity contribution < 1.29 is 18.9 Å². The zero-order chi connectivity index (χ0) is 26.5. The summed E-state index contributed by atoms with van der Waals surface area (Å²) in [7, 11) is 0.505. The van der Waals surface area contributed by atoms with Crippen LogP contribution in [0.1, 0.15) is 60.6 Å². The molecule has 0 radical (unpaired) electrons. The van der Waals surface area contributed by atoms with E-state index in [9.17, 15) is 0 Å². The van der Waals surface area contributed by atoms with Gasteiger partial charge < -0.3 is 18.9 Å². The predicted molar refractivity (Wildman–Crippen MR) is 156 cm³/mol. The number of ether oxygens (including phenoxy) is 4. The molecule has 0 aromatic heterocycles. The third-order valence-electron chi connectivity index (χ3n) is 7.93. The van der Waals surface area contributed by atoms with E-state index in [-0.39, 0.29) is 18.3 Å². The fourth-order valence-corrected chi connectivity index (χ4v) is 6.52. The minimum atomic E-state index is -1.21. The van der Waals surface area contributed by atoms with Crippen molar-refractivity contribution in [3.8, 4) is 17.2 Å². The summed E-state index contributed by atoms with van der Waals surface area (Å²) in [5, 5.41) is 0. The second-order valence-corrected chi connectivity index (χ2v) is 17.5. The van der Waals surface area contributed by atoms with Crippen LogP contribution in [0.4, 0.5) is 0 Å². The quantitative estimate of drug-likeness (QED) is 0.260. The molecule has 5 rings (SSSR count). The Hall–Kier alpha value is -2.76. The Morgan fingerprint density at radius 2 is 1.53 bits per heavy atom. The first-order chi connectivity index (χ1) is 18.4. The van der Waals surface area contributed by atoms with Gasteiger partial charge in [0.05, 0.1) is 19.8 Å². The van der Waals surface area contributed by atoms with Crippen molar-refractivity contribution in [1.82, 2.24) is 0 Å². The fourth-order valence-electron chi connectivity index (χ4n) is 5.80. The van der Waals surface area contributed by atoms with Crippen molar-refractivity contribution in [3.05, 3.63) is 89.5 Å². The summed E-state index contributed by atoms with van der Waals surface area (Å²) in [6.45, 7) is 7.78. The van der Waals surface area contributed by atoms with Crippen LogP contribution in [-0.4, -0.2) is 34.2 Å². The zero-order valence-electron chi connectivity index (χ0n) is 23.3. The van der Waals surface area contributed by atoms with Gasteiger partial charge in [-0.1, -0.05) is 93.1 Å². The third-order valence-corrected chi connectivity index (χ3v) is 9.63. The molecule has 0 amide bonds. The average Bonchev–Trinajstić information content (AvgIpc) is 2.93. The zero-order valence-corrected chi connectivity index (χ0v) is 24.3. The molecule has 0 bridgehead atoms. The van der Waals surface area contributed by atoms with Gasteiger partial charge in [0.1, 0.15) is 5.75 Å². The van der Waals surface area contributed by atoms with Crippen LogP contribution < -0.4 is 14.2 Å². The van der Waals surface area contributed by atoms with Crippen molar-refractivity contribution in [3.63, 3.8) is 0 Å². The second-order valence-electron chi connectivity index (χ2n) is 11.9. The number of methoxy groups -OCH3 is 1.